The number of ether oxygens (including phenoxy) is 1. The van der Waals surface area contributed by atoms with Crippen molar-refractivity contribution in [2.75, 3.05) is 33.1 Å². The zero-order valence-corrected chi connectivity index (χ0v) is 13.4. The summed E-state index contributed by atoms with van der Waals surface area (Å²) in [5.41, 5.74) is 6.23. The quantitative estimate of drug-likeness (QED) is 0.589. The molecule has 0 fully saturated rings. The van der Waals surface area contributed by atoms with Crippen molar-refractivity contribution in [1.29, 1.82) is 0 Å². The summed E-state index contributed by atoms with van der Waals surface area (Å²) in [6.07, 6.45) is 2.48. The molecule has 6 heteroatoms. The van der Waals surface area contributed by atoms with Gasteiger partial charge in [0.2, 0.25) is 0 Å². The number of benzene rings is 1. The van der Waals surface area contributed by atoms with Crippen molar-refractivity contribution < 1.29 is 9.53 Å². The lowest BCUT2D eigenvalue weighted by atomic mass is 10.2. The van der Waals surface area contributed by atoms with Crippen LogP contribution in [0, 0.1) is 0 Å². The molecule has 0 aliphatic rings. The number of nitrogens with zero attached hydrogens (tertiary/aromatic N) is 1. The molecule has 2 N–H and O–H groups in total. The second-order valence-electron chi connectivity index (χ2n) is 4.20. The highest BCUT2D eigenvalue weighted by Gasteiger charge is 2.18. The van der Waals surface area contributed by atoms with E-state index >= 15 is 0 Å². The Labute approximate surface area is 129 Å². The van der Waals surface area contributed by atoms with Crippen molar-refractivity contribution in [1.82, 2.24) is 4.90 Å². The standard InChI is InChI=1S/C14H20N2O2S2/c1-18-10-9-16(8-7-13(15)19)14(17)11-5-3-4-6-12(11)20-2/h3-6H,7-10H2,1-2H3,(H2,15,19). The molecule has 0 saturated carbocycles. The van der Waals surface area contributed by atoms with E-state index in [0.29, 0.717) is 36.7 Å². The van der Waals surface area contributed by atoms with Crippen LogP contribution in [0.5, 0.6) is 0 Å². The van der Waals surface area contributed by atoms with Gasteiger partial charge in [-0.05, 0) is 18.4 Å². The van der Waals surface area contributed by atoms with Gasteiger partial charge in [-0.15, -0.1) is 11.8 Å². The topological polar surface area (TPSA) is 55.6 Å². The summed E-state index contributed by atoms with van der Waals surface area (Å²) in [6, 6.07) is 7.58. The molecule has 0 bridgehead atoms. The Hall–Kier alpha value is -1.11. The second-order valence-corrected chi connectivity index (χ2v) is 5.57. The minimum atomic E-state index is -0.0109. The lowest BCUT2D eigenvalue weighted by Crippen LogP contribution is -2.36. The number of amides is 1. The number of rotatable bonds is 8. The number of thiocarbonyl (C=S) groups is 1. The van der Waals surface area contributed by atoms with E-state index in [1.165, 1.54) is 0 Å². The van der Waals surface area contributed by atoms with Crippen LogP contribution in [0.3, 0.4) is 0 Å². The number of hydrogen-bond donors (Lipinski definition) is 1. The maximum Gasteiger partial charge on any atom is 0.255 e. The molecular formula is C14H20N2O2S2. The average Bonchev–Trinajstić information content (AvgIpc) is 2.46. The van der Waals surface area contributed by atoms with E-state index in [0.717, 1.165) is 4.90 Å². The molecule has 110 valence electrons. The molecule has 1 aromatic rings. The van der Waals surface area contributed by atoms with Crippen molar-refractivity contribution in [3.05, 3.63) is 29.8 Å². The summed E-state index contributed by atoms with van der Waals surface area (Å²) >= 11 is 6.44. The number of carbonyl (C=O) groups is 1. The Morgan fingerprint density at radius 2 is 2.10 bits per heavy atom. The lowest BCUT2D eigenvalue weighted by Gasteiger charge is -2.23. The van der Waals surface area contributed by atoms with Crippen LogP contribution in [0.2, 0.25) is 0 Å². The molecule has 0 aromatic heterocycles. The molecule has 0 aliphatic heterocycles. The first-order valence-corrected chi connectivity index (χ1v) is 7.93. The van der Waals surface area contributed by atoms with E-state index < -0.39 is 0 Å². The summed E-state index contributed by atoms with van der Waals surface area (Å²) in [5, 5.41) is 0. The monoisotopic (exact) mass is 312 g/mol. The maximum atomic E-state index is 12.6. The number of thioether (sulfide) groups is 1. The van der Waals surface area contributed by atoms with Gasteiger partial charge < -0.3 is 15.4 Å². The number of hydrogen-bond acceptors (Lipinski definition) is 4. The van der Waals surface area contributed by atoms with E-state index in [2.05, 4.69) is 0 Å². The first-order chi connectivity index (χ1) is 9.60. The molecule has 20 heavy (non-hydrogen) atoms. The third kappa shape index (κ3) is 5.11. The minimum Gasteiger partial charge on any atom is -0.393 e. The van der Waals surface area contributed by atoms with Crippen LogP contribution in [0.1, 0.15) is 16.8 Å². The predicted octanol–water partition coefficient (Wildman–Crippen LogP) is 2.17. The van der Waals surface area contributed by atoms with Crippen LogP contribution in [-0.4, -0.2) is 48.9 Å². The first-order valence-electron chi connectivity index (χ1n) is 6.29. The van der Waals surface area contributed by atoms with Crippen molar-refractivity contribution in [2.24, 2.45) is 5.73 Å². The molecule has 1 aromatic carbocycles. The zero-order chi connectivity index (χ0) is 15.0. The normalized spacial score (nSPS) is 10.3. The predicted molar refractivity (Wildman–Crippen MR) is 87.4 cm³/mol. The SMILES string of the molecule is COCCN(CCC(N)=S)C(=O)c1ccccc1SC. The lowest BCUT2D eigenvalue weighted by molar-refractivity contribution is 0.0698. The highest BCUT2D eigenvalue weighted by atomic mass is 32.2. The maximum absolute atomic E-state index is 12.6. The number of methoxy groups -OCH3 is 1. The molecule has 1 amide bonds. The summed E-state index contributed by atoms with van der Waals surface area (Å²) in [5.74, 6) is -0.0109. The molecule has 4 nitrogen and oxygen atoms in total. The molecule has 0 radical (unpaired) electrons. The molecule has 0 aliphatic carbocycles. The van der Waals surface area contributed by atoms with Gasteiger partial charge in [-0.3, -0.25) is 4.79 Å². The van der Waals surface area contributed by atoms with Gasteiger partial charge >= 0.3 is 0 Å². The Bertz CT molecular complexity index is 466. The molecular weight excluding hydrogens is 292 g/mol. The Kier molecular flexibility index (Phi) is 7.58. The molecule has 0 spiro atoms. The highest BCUT2D eigenvalue weighted by molar-refractivity contribution is 7.98. The second kappa shape index (κ2) is 8.94. The Morgan fingerprint density at radius 1 is 1.40 bits per heavy atom. The van der Waals surface area contributed by atoms with Gasteiger partial charge in [0.25, 0.3) is 5.91 Å². The van der Waals surface area contributed by atoms with Crippen molar-refractivity contribution >= 4 is 34.9 Å². The van der Waals surface area contributed by atoms with Crippen molar-refractivity contribution in [3.8, 4) is 0 Å². The van der Waals surface area contributed by atoms with Crippen LogP contribution < -0.4 is 5.73 Å². The fourth-order valence-electron chi connectivity index (χ4n) is 1.75. The largest absolute Gasteiger partial charge is 0.393 e. The van der Waals surface area contributed by atoms with Crippen LogP contribution in [0.15, 0.2) is 29.2 Å². The van der Waals surface area contributed by atoms with Crippen LogP contribution in [0.4, 0.5) is 0 Å². The van der Waals surface area contributed by atoms with E-state index in [4.69, 9.17) is 22.7 Å². The Balaban J connectivity index is 2.87. The van der Waals surface area contributed by atoms with Crippen LogP contribution in [0.25, 0.3) is 0 Å². The minimum absolute atomic E-state index is 0.0109. The van der Waals surface area contributed by atoms with Gasteiger partial charge in [0.1, 0.15) is 0 Å². The van der Waals surface area contributed by atoms with E-state index in [1.807, 2.05) is 30.5 Å². The number of nitrogens with two attached hydrogens (primary N) is 1. The fraction of sp³-hybridized carbons (Fsp3) is 0.429. The molecule has 0 atom stereocenters. The third-order valence-electron chi connectivity index (χ3n) is 2.82. The summed E-state index contributed by atoms with van der Waals surface area (Å²) in [6.45, 7) is 1.53. The summed E-state index contributed by atoms with van der Waals surface area (Å²) < 4.78 is 5.06. The summed E-state index contributed by atoms with van der Waals surface area (Å²) in [4.78, 5) is 15.7. The van der Waals surface area contributed by atoms with Crippen LogP contribution >= 0.6 is 24.0 Å². The summed E-state index contributed by atoms with van der Waals surface area (Å²) in [7, 11) is 1.62. The van der Waals surface area contributed by atoms with Gasteiger partial charge in [-0.25, -0.2) is 0 Å². The van der Waals surface area contributed by atoms with E-state index in [-0.39, 0.29) is 5.91 Å². The van der Waals surface area contributed by atoms with Gasteiger partial charge in [0.05, 0.1) is 17.2 Å². The van der Waals surface area contributed by atoms with Gasteiger partial charge in [0, 0.05) is 31.5 Å². The van der Waals surface area contributed by atoms with Crippen molar-refractivity contribution in [3.63, 3.8) is 0 Å². The van der Waals surface area contributed by atoms with Crippen molar-refractivity contribution in [2.45, 2.75) is 11.3 Å². The molecule has 0 saturated heterocycles. The molecule has 1 rings (SSSR count). The molecule has 0 heterocycles. The Morgan fingerprint density at radius 3 is 2.70 bits per heavy atom. The zero-order valence-electron chi connectivity index (χ0n) is 11.8. The fourth-order valence-corrected chi connectivity index (χ4v) is 2.43. The van der Waals surface area contributed by atoms with Gasteiger partial charge in [0.15, 0.2) is 0 Å². The van der Waals surface area contributed by atoms with E-state index in [9.17, 15) is 4.79 Å². The smallest absolute Gasteiger partial charge is 0.255 e. The average molecular weight is 312 g/mol. The van der Waals surface area contributed by atoms with Gasteiger partial charge in [-0.1, -0.05) is 24.4 Å². The molecule has 0 unspecified atom stereocenters. The van der Waals surface area contributed by atoms with Gasteiger partial charge in [-0.2, -0.15) is 0 Å². The van der Waals surface area contributed by atoms with E-state index in [1.54, 1.807) is 23.8 Å². The highest BCUT2D eigenvalue weighted by Crippen LogP contribution is 2.21. The third-order valence-corrected chi connectivity index (χ3v) is 3.82. The first kappa shape index (κ1) is 16.9. The number of carbonyl (C=O) groups excluding carboxylic acids is 1. The van der Waals surface area contributed by atoms with Crippen LogP contribution in [-0.2, 0) is 4.74 Å².